The van der Waals surface area contributed by atoms with E-state index in [2.05, 4.69) is 0 Å². The summed E-state index contributed by atoms with van der Waals surface area (Å²) in [6.45, 7) is 4.15. The van der Waals surface area contributed by atoms with Crippen molar-refractivity contribution in [1.29, 1.82) is 0 Å². The topological polar surface area (TPSA) is 40.6 Å². The van der Waals surface area contributed by atoms with Gasteiger partial charge in [-0.3, -0.25) is 4.79 Å². The van der Waals surface area contributed by atoms with Gasteiger partial charge in [0.25, 0.3) is 5.91 Å². The number of hydrogen-bond donors (Lipinski definition) is 0. The van der Waals surface area contributed by atoms with Crippen LogP contribution in [0.1, 0.15) is 20.3 Å². The van der Waals surface area contributed by atoms with Crippen LogP contribution in [-0.2, 0) is 4.79 Å². The molecule has 1 aliphatic rings. The lowest BCUT2D eigenvalue weighted by Crippen LogP contribution is -2.37. The highest BCUT2D eigenvalue weighted by Crippen LogP contribution is 2.30. The van der Waals surface area contributed by atoms with E-state index in [0.29, 0.717) is 5.69 Å². The molecule has 1 atom stereocenters. The standard InChI is InChI=1S/C17H18N2O2/c1-3-12(2)18-11-16(20)19(17(18)21)15-10-6-8-13-7-4-5-9-14(13)15/h4-10,12H,3,11H2,1-2H3. The summed E-state index contributed by atoms with van der Waals surface area (Å²) < 4.78 is 0. The van der Waals surface area contributed by atoms with Gasteiger partial charge in [-0.1, -0.05) is 43.3 Å². The quantitative estimate of drug-likeness (QED) is 0.809. The number of carbonyl (C=O) groups excluding carboxylic acids is 2. The first kappa shape index (κ1) is 13.6. The number of imide groups is 1. The maximum Gasteiger partial charge on any atom is 0.332 e. The molecule has 0 aliphatic carbocycles. The van der Waals surface area contributed by atoms with E-state index < -0.39 is 0 Å². The first-order valence-corrected chi connectivity index (χ1v) is 7.24. The highest BCUT2D eigenvalue weighted by Gasteiger charge is 2.39. The molecule has 0 bridgehead atoms. The first-order valence-electron chi connectivity index (χ1n) is 7.24. The maximum atomic E-state index is 12.6. The molecule has 0 aromatic heterocycles. The van der Waals surface area contributed by atoms with Crippen molar-refractivity contribution in [2.45, 2.75) is 26.3 Å². The summed E-state index contributed by atoms with van der Waals surface area (Å²) >= 11 is 0. The van der Waals surface area contributed by atoms with E-state index in [1.54, 1.807) is 4.90 Å². The smallest absolute Gasteiger partial charge is 0.312 e. The summed E-state index contributed by atoms with van der Waals surface area (Å²) in [5.74, 6) is -0.156. The second kappa shape index (κ2) is 5.20. The van der Waals surface area contributed by atoms with Crippen LogP contribution < -0.4 is 4.90 Å². The van der Waals surface area contributed by atoms with Gasteiger partial charge in [0.1, 0.15) is 6.54 Å². The SMILES string of the molecule is CCC(C)N1CC(=O)N(c2cccc3ccccc23)C1=O. The average Bonchev–Trinajstić information content (AvgIpc) is 2.81. The Morgan fingerprint density at radius 3 is 2.57 bits per heavy atom. The summed E-state index contributed by atoms with van der Waals surface area (Å²) in [6.07, 6.45) is 0.836. The van der Waals surface area contributed by atoms with Gasteiger partial charge in [-0.25, -0.2) is 9.69 Å². The zero-order valence-corrected chi connectivity index (χ0v) is 12.2. The van der Waals surface area contributed by atoms with Crippen molar-refractivity contribution >= 4 is 28.4 Å². The first-order chi connectivity index (χ1) is 10.1. The van der Waals surface area contributed by atoms with Crippen molar-refractivity contribution in [1.82, 2.24) is 4.90 Å². The second-order valence-corrected chi connectivity index (χ2v) is 5.40. The van der Waals surface area contributed by atoms with Crippen LogP contribution in [0.2, 0.25) is 0 Å². The Morgan fingerprint density at radius 1 is 1.10 bits per heavy atom. The Balaban J connectivity index is 2.07. The Hall–Kier alpha value is -2.36. The van der Waals surface area contributed by atoms with Gasteiger partial charge in [0.15, 0.2) is 0 Å². The van der Waals surface area contributed by atoms with E-state index in [9.17, 15) is 9.59 Å². The molecular weight excluding hydrogens is 264 g/mol. The third-order valence-corrected chi connectivity index (χ3v) is 4.12. The van der Waals surface area contributed by atoms with Crippen molar-refractivity contribution in [3.05, 3.63) is 42.5 Å². The number of anilines is 1. The summed E-state index contributed by atoms with van der Waals surface area (Å²) in [6, 6.07) is 13.3. The molecule has 0 saturated carbocycles. The molecule has 1 unspecified atom stereocenters. The van der Waals surface area contributed by atoms with Crippen LogP contribution in [0.15, 0.2) is 42.5 Å². The molecule has 1 heterocycles. The molecule has 0 N–H and O–H groups in total. The fraction of sp³-hybridized carbons (Fsp3) is 0.294. The van der Waals surface area contributed by atoms with Crippen LogP contribution in [0.4, 0.5) is 10.5 Å². The molecule has 108 valence electrons. The lowest BCUT2D eigenvalue weighted by Gasteiger charge is -2.23. The number of carbonyl (C=O) groups is 2. The van der Waals surface area contributed by atoms with Crippen LogP contribution in [0, 0.1) is 0 Å². The number of benzene rings is 2. The highest BCUT2D eigenvalue weighted by molar-refractivity contribution is 6.23. The highest BCUT2D eigenvalue weighted by atomic mass is 16.2. The van der Waals surface area contributed by atoms with Crippen molar-refractivity contribution in [3.63, 3.8) is 0 Å². The fourth-order valence-corrected chi connectivity index (χ4v) is 2.72. The van der Waals surface area contributed by atoms with Crippen molar-refractivity contribution in [2.75, 3.05) is 11.4 Å². The second-order valence-electron chi connectivity index (χ2n) is 5.40. The molecule has 1 aliphatic heterocycles. The third kappa shape index (κ3) is 2.17. The number of nitrogens with zero attached hydrogens (tertiary/aromatic N) is 2. The molecule has 2 aromatic rings. The number of hydrogen-bond acceptors (Lipinski definition) is 2. The molecule has 0 radical (unpaired) electrons. The van der Waals surface area contributed by atoms with E-state index in [0.717, 1.165) is 17.2 Å². The number of fused-ring (bicyclic) bond motifs is 1. The predicted molar refractivity (Wildman–Crippen MR) is 83.3 cm³/mol. The molecule has 4 heteroatoms. The van der Waals surface area contributed by atoms with Crippen molar-refractivity contribution < 1.29 is 9.59 Å². The van der Waals surface area contributed by atoms with Crippen molar-refractivity contribution in [2.24, 2.45) is 0 Å². The van der Waals surface area contributed by atoms with Gasteiger partial charge in [-0.15, -0.1) is 0 Å². The van der Waals surface area contributed by atoms with Crippen LogP contribution in [0.5, 0.6) is 0 Å². The van der Waals surface area contributed by atoms with Crippen LogP contribution in [0.25, 0.3) is 10.8 Å². The molecule has 3 rings (SSSR count). The van der Waals surface area contributed by atoms with Crippen LogP contribution in [0.3, 0.4) is 0 Å². The predicted octanol–water partition coefficient (Wildman–Crippen LogP) is 3.41. The molecule has 3 amide bonds. The monoisotopic (exact) mass is 282 g/mol. The largest absolute Gasteiger partial charge is 0.332 e. The number of urea groups is 1. The molecular formula is C17H18N2O2. The van der Waals surface area contributed by atoms with Gasteiger partial charge in [-0.2, -0.15) is 0 Å². The lowest BCUT2D eigenvalue weighted by molar-refractivity contribution is -0.116. The van der Waals surface area contributed by atoms with Gasteiger partial charge in [-0.05, 0) is 24.8 Å². The van der Waals surface area contributed by atoms with Gasteiger partial charge >= 0.3 is 6.03 Å². The van der Waals surface area contributed by atoms with Gasteiger partial charge in [0.05, 0.1) is 5.69 Å². The van der Waals surface area contributed by atoms with Crippen molar-refractivity contribution in [3.8, 4) is 0 Å². The number of amides is 3. The summed E-state index contributed by atoms with van der Waals surface area (Å²) in [5, 5.41) is 1.95. The van der Waals surface area contributed by atoms with Gasteiger partial charge in [0.2, 0.25) is 0 Å². The fourth-order valence-electron chi connectivity index (χ4n) is 2.72. The minimum absolute atomic E-state index is 0.0708. The Morgan fingerprint density at radius 2 is 1.81 bits per heavy atom. The van der Waals surface area contributed by atoms with E-state index in [1.807, 2.05) is 56.3 Å². The van der Waals surface area contributed by atoms with E-state index in [1.165, 1.54) is 4.90 Å². The molecule has 4 nitrogen and oxygen atoms in total. The van der Waals surface area contributed by atoms with E-state index in [4.69, 9.17) is 0 Å². The Bertz CT molecular complexity index is 706. The van der Waals surface area contributed by atoms with Gasteiger partial charge < -0.3 is 4.90 Å². The Kier molecular flexibility index (Phi) is 3.37. The molecule has 0 spiro atoms. The minimum atomic E-state index is -0.217. The molecule has 21 heavy (non-hydrogen) atoms. The van der Waals surface area contributed by atoms with Crippen LogP contribution >= 0.6 is 0 Å². The number of rotatable bonds is 3. The Labute approximate surface area is 124 Å². The summed E-state index contributed by atoms with van der Waals surface area (Å²) in [5.41, 5.74) is 0.675. The lowest BCUT2D eigenvalue weighted by atomic mass is 10.1. The van der Waals surface area contributed by atoms with E-state index in [-0.39, 0.29) is 24.5 Å². The van der Waals surface area contributed by atoms with Crippen LogP contribution in [-0.4, -0.2) is 29.4 Å². The zero-order valence-electron chi connectivity index (χ0n) is 12.2. The summed E-state index contributed by atoms with van der Waals surface area (Å²) in [4.78, 5) is 27.9. The normalized spacial score (nSPS) is 16.9. The third-order valence-electron chi connectivity index (χ3n) is 4.12. The average molecular weight is 282 g/mol. The molecule has 1 fully saturated rings. The molecule has 2 aromatic carbocycles. The van der Waals surface area contributed by atoms with Gasteiger partial charge in [0, 0.05) is 11.4 Å². The minimum Gasteiger partial charge on any atom is -0.312 e. The van der Waals surface area contributed by atoms with E-state index >= 15 is 0 Å². The zero-order chi connectivity index (χ0) is 15.0. The maximum absolute atomic E-state index is 12.6. The summed E-state index contributed by atoms with van der Waals surface area (Å²) in [7, 11) is 0. The molecule has 1 saturated heterocycles.